The summed E-state index contributed by atoms with van der Waals surface area (Å²) in [6, 6.07) is 10.7. The third kappa shape index (κ3) is 4.50. The van der Waals surface area contributed by atoms with E-state index in [9.17, 15) is 13.8 Å². The molecule has 1 aliphatic rings. The number of hydrogen-bond donors (Lipinski definition) is 2. The molecule has 0 saturated carbocycles. The lowest BCUT2D eigenvalue weighted by molar-refractivity contribution is 0.0950. The number of rotatable bonds is 6. The Hall–Kier alpha value is -2.66. The Morgan fingerprint density at radius 2 is 1.94 bits per heavy atom. The van der Waals surface area contributed by atoms with Crippen molar-refractivity contribution in [2.45, 2.75) is 32.9 Å². The number of aryl methyl sites for hydroxylation is 2. The molecule has 2 atom stereocenters. The van der Waals surface area contributed by atoms with Crippen molar-refractivity contribution in [3.8, 4) is 0 Å². The molecule has 0 bridgehead atoms. The normalized spacial score (nSPS) is 19.6. The van der Waals surface area contributed by atoms with Crippen LogP contribution in [0, 0.1) is 13.8 Å². The number of carbonyl (C=O) groups is 1. The first-order chi connectivity index (χ1) is 16.0. The quantitative estimate of drug-likeness (QED) is 0.429. The molecule has 2 N–H and O–H groups in total. The highest BCUT2D eigenvalue weighted by Gasteiger charge is 2.37. The SMILES string of the molecule is COP(=O)(c1cc(C)cc(C)c1)c1c(C(=O)NCC2=CC=CCC2(C)F)[nH]c2ccc(Cl)cc12. The Balaban J connectivity index is 1.83. The highest BCUT2D eigenvalue weighted by molar-refractivity contribution is 7.75. The molecule has 2 unspecified atom stereocenters. The molecule has 1 heterocycles. The van der Waals surface area contributed by atoms with Gasteiger partial charge in [-0.15, -0.1) is 0 Å². The number of hydrogen-bond acceptors (Lipinski definition) is 3. The fourth-order valence-electron chi connectivity index (χ4n) is 4.35. The summed E-state index contributed by atoms with van der Waals surface area (Å²) in [5.74, 6) is -0.504. The summed E-state index contributed by atoms with van der Waals surface area (Å²) in [6.07, 6.45) is 5.45. The van der Waals surface area contributed by atoms with Crippen LogP contribution in [0.3, 0.4) is 0 Å². The highest BCUT2D eigenvalue weighted by atomic mass is 35.5. The molecule has 4 rings (SSSR count). The molecule has 34 heavy (non-hydrogen) atoms. The standard InChI is InChI=1S/C26H27ClFN2O3P/c1-16-11-17(2)13-20(12-16)34(32,33-4)24-21-14-19(27)8-9-22(21)30-23(24)25(31)29-15-18-7-5-6-10-26(18,3)28/h5-9,11-14,30H,10,15H2,1-4H3,(H,29,31). The van der Waals surface area contributed by atoms with E-state index in [1.807, 2.05) is 19.9 Å². The van der Waals surface area contributed by atoms with Gasteiger partial charge in [0.25, 0.3) is 13.3 Å². The number of allylic oxidation sites excluding steroid dienone is 3. The lowest BCUT2D eigenvalue weighted by Gasteiger charge is -2.25. The van der Waals surface area contributed by atoms with Gasteiger partial charge < -0.3 is 14.8 Å². The van der Waals surface area contributed by atoms with Crippen LogP contribution in [0.4, 0.5) is 4.39 Å². The van der Waals surface area contributed by atoms with E-state index in [1.54, 1.807) is 48.6 Å². The summed E-state index contributed by atoms with van der Waals surface area (Å²) >= 11 is 6.26. The topological polar surface area (TPSA) is 71.2 Å². The maximum Gasteiger partial charge on any atom is 0.268 e. The zero-order valence-electron chi connectivity index (χ0n) is 19.5. The number of halogens is 2. The Morgan fingerprint density at radius 1 is 1.24 bits per heavy atom. The number of aromatic amines is 1. The first-order valence-corrected chi connectivity index (χ1v) is 12.9. The lowest BCUT2D eigenvalue weighted by atomic mass is 9.90. The van der Waals surface area contributed by atoms with Crippen molar-refractivity contribution >= 4 is 46.4 Å². The van der Waals surface area contributed by atoms with Crippen molar-refractivity contribution in [2.75, 3.05) is 13.7 Å². The summed E-state index contributed by atoms with van der Waals surface area (Å²) < 4.78 is 35.0. The molecule has 0 radical (unpaired) electrons. The van der Waals surface area contributed by atoms with Crippen molar-refractivity contribution in [3.63, 3.8) is 0 Å². The van der Waals surface area contributed by atoms with Gasteiger partial charge in [0.05, 0.1) is 5.30 Å². The van der Waals surface area contributed by atoms with Crippen LogP contribution in [0.1, 0.15) is 35.0 Å². The number of carbonyl (C=O) groups excluding carboxylic acids is 1. The van der Waals surface area contributed by atoms with Gasteiger partial charge in [-0.05, 0) is 56.7 Å². The second-order valence-corrected chi connectivity index (χ2v) is 11.7. The van der Waals surface area contributed by atoms with Crippen LogP contribution in [0.5, 0.6) is 0 Å². The highest BCUT2D eigenvalue weighted by Crippen LogP contribution is 2.47. The summed E-state index contributed by atoms with van der Waals surface area (Å²) in [4.78, 5) is 16.5. The van der Waals surface area contributed by atoms with Crippen molar-refractivity contribution in [2.24, 2.45) is 0 Å². The number of aromatic nitrogens is 1. The Bertz CT molecular complexity index is 1370. The van der Waals surface area contributed by atoms with Crippen LogP contribution in [0.15, 0.2) is 60.2 Å². The van der Waals surface area contributed by atoms with Gasteiger partial charge in [0.1, 0.15) is 11.4 Å². The molecule has 8 heteroatoms. The summed E-state index contributed by atoms with van der Waals surface area (Å²) in [6.45, 7) is 5.34. The number of amides is 1. The van der Waals surface area contributed by atoms with Crippen molar-refractivity contribution < 1.29 is 18.3 Å². The van der Waals surface area contributed by atoms with E-state index in [4.69, 9.17) is 16.1 Å². The van der Waals surface area contributed by atoms with Crippen LogP contribution in [0.25, 0.3) is 10.9 Å². The molecule has 0 aliphatic heterocycles. The monoisotopic (exact) mass is 500 g/mol. The van der Waals surface area contributed by atoms with Crippen LogP contribution >= 0.6 is 19.0 Å². The Morgan fingerprint density at radius 3 is 2.59 bits per heavy atom. The van der Waals surface area contributed by atoms with Gasteiger partial charge in [-0.3, -0.25) is 9.36 Å². The van der Waals surface area contributed by atoms with Crippen LogP contribution in [-0.2, 0) is 9.09 Å². The van der Waals surface area contributed by atoms with Crippen molar-refractivity contribution in [1.29, 1.82) is 0 Å². The molecular formula is C26H27ClFN2O3P. The summed E-state index contributed by atoms with van der Waals surface area (Å²) in [7, 11) is -2.33. The van der Waals surface area contributed by atoms with Gasteiger partial charge in [-0.1, -0.05) is 47.0 Å². The van der Waals surface area contributed by atoms with E-state index >= 15 is 0 Å². The van der Waals surface area contributed by atoms with E-state index in [1.165, 1.54) is 14.0 Å². The minimum Gasteiger partial charge on any atom is -0.350 e. The largest absolute Gasteiger partial charge is 0.350 e. The van der Waals surface area contributed by atoms with E-state index in [0.29, 0.717) is 26.8 Å². The molecule has 0 saturated heterocycles. The molecule has 0 spiro atoms. The average Bonchev–Trinajstić information content (AvgIpc) is 3.16. The van der Waals surface area contributed by atoms with Gasteiger partial charge in [-0.25, -0.2) is 4.39 Å². The van der Waals surface area contributed by atoms with E-state index in [0.717, 1.165) is 11.1 Å². The van der Waals surface area contributed by atoms with E-state index < -0.39 is 18.9 Å². The van der Waals surface area contributed by atoms with Gasteiger partial charge in [0.15, 0.2) is 0 Å². The number of fused-ring (bicyclic) bond motifs is 1. The molecule has 5 nitrogen and oxygen atoms in total. The smallest absolute Gasteiger partial charge is 0.268 e. The fourth-order valence-corrected chi connectivity index (χ4v) is 6.88. The van der Waals surface area contributed by atoms with Gasteiger partial charge >= 0.3 is 0 Å². The Labute approximate surface area is 203 Å². The molecule has 178 valence electrons. The first kappa shape index (κ1) is 24.5. The number of H-pyrrole nitrogens is 1. The van der Waals surface area contributed by atoms with Gasteiger partial charge in [0.2, 0.25) is 0 Å². The molecule has 2 aromatic carbocycles. The average molecular weight is 501 g/mol. The number of benzene rings is 2. The molecule has 3 aromatic rings. The predicted octanol–water partition coefficient (Wildman–Crippen LogP) is 5.66. The fraction of sp³-hybridized carbons (Fsp3) is 0.269. The first-order valence-electron chi connectivity index (χ1n) is 10.9. The van der Waals surface area contributed by atoms with Crippen LogP contribution < -0.4 is 15.9 Å². The molecule has 0 fully saturated rings. The van der Waals surface area contributed by atoms with Gasteiger partial charge in [0, 0.05) is 41.3 Å². The molecule has 1 aliphatic carbocycles. The zero-order valence-corrected chi connectivity index (χ0v) is 21.2. The molecular weight excluding hydrogens is 474 g/mol. The number of nitrogens with one attached hydrogen (secondary N) is 2. The second kappa shape index (κ2) is 9.18. The summed E-state index contributed by atoms with van der Waals surface area (Å²) in [5.41, 5.74) is 1.48. The second-order valence-electron chi connectivity index (χ2n) is 8.82. The van der Waals surface area contributed by atoms with Crippen molar-refractivity contribution in [1.82, 2.24) is 10.3 Å². The minimum absolute atomic E-state index is 0.0204. The lowest BCUT2D eigenvalue weighted by Crippen LogP contribution is -2.36. The third-order valence-corrected chi connectivity index (χ3v) is 8.84. The maximum absolute atomic E-state index is 14.9. The van der Waals surface area contributed by atoms with E-state index in [2.05, 4.69) is 10.3 Å². The van der Waals surface area contributed by atoms with Crippen molar-refractivity contribution in [3.05, 3.63) is 82.0 Å². The summed E-state index contributed by atoms with van der Waals surface area (Å²) in [5, 5.41) is 4.50. The Kier molecular flexibility index (Phi) is 6.61. The van der Waals surface area contributed by atoms with E-state index in [-0.39, 0.29) is 24.0 Å². The van der Waals surface area contributed by atoms with Gasteiger partial charge in [-0.2, -0.15) is 0 Å². The molecule has 1 amide bonds. The molecule has 1 aromatic heterocycles. The maximum atomic E-state index is 14.9. The predicted molar refractivity (Wildman–Crippen MR) is 137 cm³/mol. The minimum atomic E-state index is -3.70. The zero-order chi connectivity index (χ0) is 24.7. The number of alkyl halides is 1. The third-order valence-electron chi connectivity index (χ3n) is 6.10. The van der Waals surface area contributed by atoms with Crippen LogP contribution in [0.2, 0.25) is 5.02 Å². The van der Waals surface area contributed by atoms with Crippen LogP contribution in [-0.4, -0.2) is 30.2 Å².